The van der Waals surface area contributed by atoms with Crippen molar-refractivity contribution in [3.8, 4) is 0 Å². The van der Waals surface area contributed by atoms with Crippen molar-refractivity contribution in [1.29, 1.82) is 0 Å². The molecular weight excluding hydrogens is 464 g/mol. The van der Waals surface area contributed by atoms with Gasteiger partial charge in [0.15, 0.2) is 0 Å². The molecule has 4 rings (SSSR count). The molecule has 1 saturated heterocycles. The molecular formula is C21H24F4N4O3S. The number of halogens is 4. The van der Waals surface area contributed by atoms with Gasteiger partial charge >= 0.3 is 12.3 Å². The van der Waals surface area contributed by atoms with Crippen molar-refractivity contribution in [2.24, 2.45) is 5.92 Å². The third-order valence-electron chi connectivity index (χ3n) is 6.21. The maximum Gasteiger partial charge on any atom is 0.407 e. The number of aromatic amines is 1. The number of carboxylic acid groups (broad SMARTS) is 1. The highest BCUT2D eigenvalue weighted by Crippen LogP contribution is 2.40. The van der Waals surface area contributed by atoms with Gasteiger partial charge in [0.25, 0.3) is 5.56 Å². The second-order valence-electron chi connectivity index (χ2n) is 8.51. The number of amides is 1. The van der Waals surface area contributed by atoms with E-state index in [9.17, 15) is 27.2 Å². The average Bonchev–Trinajstić information content (AvgIpc) is 3.23. The first-order chi connectivity index (χ1) is 15.6. The third kappa shape index (κ3) is 5.36. The minimum atomic E-state index is -4.56. The first-order valence-electron chi connectivity index (χ1n) is 10.8. The van der Waals surface area contributed by atoms with Gasteiger partial charge in [0.2, 0.25) is 0 Å². The number of thioether (sulfide) groups is 1. The normalized spacial score (nSPS) is 22.1. The molecule has 7 nitrogen and oxygen atoms in total. The molecule has 0 spiro atoms. The van der Waals surface area contributed by atoms with Crippen molar-refractivity contribution in [1.82, 2.24) is 14.9 Å². The van der Waals surface area contributed by atoms with Crippen molar-refractivity contribution in [3.63, 3.8) is 0 Å². The molecule has 2 heterocycles. The fourth-order valence-electron chi connectivity index (χ4n) is 4.53. The first kappa shape index (κ1) is 23.7. The number of rotatable bonds is 5. The summed E-state index contributed by atoms with van der Waals surface area (Å²) in [6.45, 7) is -0.623. The number of nitrogens with zero attached hydrogens (tertiary/aromatic N) is 2. The predicted octanol–water partition coefficient (Wildman–Crippen LogP) is 4.58. The predicted molar refractivity (Wildman–Crippen MR) is 117 cm³/mol. The molecule has 2 aliphatic rings. The summed E-state index contributed by atoms with van der Waals surface area (Å²) in [4.78, 5) is 31.1. The molecule has 3 N–H and O–H groups in total. The van der Waals surface area contributed by atoms with Crippen LogP contribution in [0.4, 0.5) is 28.0 Å². The fourth-order valence-corrected chi connectivity index (χ4v) is 5.79. The fraction of sp³-hybridized carbons (Fsp3) is 0.571. The average molecular weight is 489 g/mol. The van der Waals surface area contributed by atoms with E-state index in [0.717, 1.165) is 42.3 Å². The molecule has 33 heavy (non-hydrogen) atoms. The van der Waals surface area contributed by atoms with E-state index in [1.807, 2.05) is 0 Å². The largest absolute Gasteiger partial charge is 0.465 e. The molecule has 1 aromatic carbocycles. The van der Waals surface area contributed by atoms with Crippen LogP contribution in [0, 0.1) is 11.7 Å². The van der Waals surface area contributed by atoms with E-state index >= 15 is 0 Å². The van der Waals surface area contributed by atoms with Gasteiger partial charge in [-0.2, -0.15) is 13.2 Å². The molecule has 1 aliphatic carbocycles. The van der Waals surface area contributed by atoms with Crippen LogP contribution >= 0.6 is 11.8 Å². The van der Waals surface area contributed by atoms with Crippen LogP contribution in [0.2, 0.25) is 0 Å². The summed E-state index contributed by atoms with van der Waals surface area (Å²) < 4.78 is 55.2. The number of benzene rings is 1. The van der Waals surface area contributed by atoms with Crippen molar-refractivity contribution in [3.05, 3.63) is 34.1 Å². The standard InChI is InChI=1S/C21H24F4N4O3S/c22-14-7-12(26-11-3-1-2-4-11)8-15-18(14)19(30)28-17(27-15)10-33-16-5-6-29(20(31)32)9-13(16)21(23,24)25/h7-8,11,13,16,26H,1-6,9-10H2,(H,31,32)(H,27,28,30). The van der Waals surface area contributed by atoms with Crippen LogP contribution in [0.25, 0.3) is 10.9 Å². The zero-order chi connectivity index (χ0) is 23.8. The highest BCUT2D eigenvalue weighted by atomic mass is 32.2. The molecule has 1 saturated carbocycles. The highest BCUT2D eigenvalue weighted by molar-refractivity contribution is 7.99. The van der Waals surface area contributed by atoms with Crippen molar-refractivity contribution in [2.45, 2.75) is 55.3 Å². The number of piperidine rings is 1. The van der Waals surface area contributed by atoms with Gasteiger partial charge in [-0.05, 0) is 31.4 Å². The zero-order valence-corrected chi connectivity index (χ0v) is 18.4. The number of nitrogens with one attached hydrogen (secondary N) is 2. The number of H-pyrrole nitrogens is 1. The van der Waals surface area contributed by atoms with E-state index in [2.05, 4.69) is 15.3 Å². The van der Waals surface area contributed by atoms with Crippen molar-refractivity contribution in [2.75, 3.05) is 18.4 Å². The van der Waals surface area contributed by atoms with Gasteiger partial charge in [-0.25, -0.2) is 14.2 Å². The van der Waals surface area contributed by atoms with E-state index < -0.39 is 41.4 Å². The van der Waals surface area contributed by atoms with E-state index in [-0.39, 0.29) is 41.5 Å². The van der Waals surface area contributed by atoms with E-state index in [1.54, 1.807) is 6.07 Å². The Morgan fingerprint density at radius 1 is 1.27 bits per heavy atom. The van der Waals surface area contributed by atoms with Gasteiger partial charge < -0.3 is 20.3 Å². The Morgan fingerprint density at radius 2 is 2.00 bits per heavy atom. The van der Waals surface area contributed by atoms with E-state index in [4.69, 9.17) is 5.11 Å². The number of hydrogen-bond acceptors (Lipinski definition) is 5. The quantitative estimate of drug-likeness (QED) is 0.533. The Hall–Kier alpha value is -2.50. The molecule has 1 aliphatic heterocycles. The maximum atomic E-state index is 14.6. The topological polar surface area (TPSA) is 98.3 Å². The number of likely N-dealkylation sites (tertiary alicyclic amines) is 1. The SMILES string of the molecule is O=C(O)N1CCC(SCc2nc3cc(NC4CCCC4)cc(F)c3c(=O)[nH]2)C(C(F)(F)F)C1. The maximum absolute atomic E-state index is 14.6. The highest BCUT2D eigenvalue weighted by Gasteiger charge is 2.48. The van der Waals surface area contributed by atoms with Gasteiger partial charge in [0.05, 0.1) is 17.2 Å². The Bertz CT molecular complexity index is 1090. The lowest BCUT2D eigenvalue weighted by Gasteiger charge is -2.37. The van der Waals surface area contributed by atoms with Crippen molar-refractivity contribution >= 4 is 34.4 Å². The van der Waals surface area contributed by atoms with Crippen molar-refractivity contribution < 1.29 is 27.5 Å². The Balaban J connectivity index is 1.53. The van der Waals surface area contributed by atoms with Gasteiger partial charge in [0, 0.05) is 30.1 Å². The van der Waals surface area contributed by atoms with Crippen LogP contribution in [0.5, 0.6) is 0 Å². The Morgan fingerprint density at radius 3 is 2.67 bits per heavy atom. The Labute approximate surface area is 190 Å². The summed E-state index contributed by atoms with van der Waals surface area (Å²) in [5.41, 5.74) is -0.0294. The monoisotopic (exact) mass is 488 g/mol. The summed E-state index contributed by atoms with van der Waals surface area (Å²) in [7, 11) is 0. The van der Waals surface area contributed by atoms with Gasteiger partial charge in [-0.3, -0.25) is 4.79 Å². The lowest BCUT2D eigenvalue weighted by molar-refractivity contribution is -0.182. The number of aromatic nitrogens is 2. The van der Waals surface area contributed by atoms with Crippen LogP contribution in [-0.4, -0.2) is 56.6 Å². The number of fused-ring (bicyclic) bond motifs is 1. The summed E-state index contributed by atoms with van der Waals surface area (Å²) >= 11 is 0.969. The summed E-state index contributed by atoms with van der Waals surface area (Å²) in [5, 5.41) is 11.2. The van der Waals surface area contributed by atoms with Gasteiger partial charge in [-0.1, -0.05) is 12.8 Å². The molecule has 0 bridgehead atoms. The molecule has 1 amide bonds. The van der Waals surface area contributed by atoms with Crippen LogP contribution in [0.3, 0.4) is 0 Å². The minimum absolute atomic E-state index is 0.00263. The van der Waals surface area contributed by atoms with Crippen LogP contribution in [0.1, 0.15) is 37.9 Å². The minimum Gasteiger partial charge on any atom is -0.465 e. The first-order valence-corrected chi connectivity index (χ1v) is 11.8. The summed E-state index contributed by atoms with van der Waals surface area (Å²) in [6, 6.07) is 3.08. The number of carbonyl (C=O) groups is 1. The van der Waals surface area contributed by atoms with E-state index in [1.165, 1.54) is 6.07 Å². The smallest absolute Gasteiger partial charge is 0.407 e. The van der Waals surface area contributed by atoms with Gasteiger partial charge in [-0.15, -0.1) is 11.8 Å². The lowest BCUT2D eigenvalue weighted by Crippen LogP contribution is -2.49. The summed E-state index contributed by atoms with van der Waals surface area (Å²) in [6.07, 6.45) is -1.76. The zero-order valence-electron chi connectivity index (χ0n) is 17.6. The molecule has 180 valence electrons. The molecule has 1 aromatic heterocycles. The second-order valence-corrected chi connectivity index (χ2v) is 9.73. The molecule has 2 aromatic rings. The number of alkyl halides is 3. The van der Waals surface area contributed by atoms with Crippen LogP contribution < -0.4 is 10.9 Å². The lowest BCUT2D eigenvalue weighted by atomic mass is 9.97. The molecule has 2 unspecified atom stereocenters. The number of hydrogen-bond donors (Lipinski definition) is 3. The molecule has 2 fully saturated rings. The summed E-state index contributed by atoms with van der Waals surface area (Å²) in [5.74, 6) is -2.40. The third-order valence-corrected chi connectivity index (χ3v) is 7.64. The second kappa shape index (κ2) is 9.40. The van der Waals surface area contributed by atoms with Crippen LogP contribution in [-0.2, 0) is 5.75 Å². The molecule has 0 radical (unpaired) electrons. The molecule has 2 atom stereocenters. The number of anilines is 1. The Kier molecular flexibility index (Phi) is 6.73. The van der Waals surface area contributed by atoms with Gasteiger partial charge in [0.1, 0.15) is 17.0 Å². The van der Waals surface area contributed by atoms with Crippen LogP contribution in [0.15, 0.2) is 16.9 Å². The van der Waals surface area contributed by atoms with E-state index in [0.29, 0.717) is 5.69 Å². The molecule has 12 heteroatoms.